The zero-order valence-corrected chi connectivity index (χ0v) is 13.2. The van der Waals surface area contributed by atoms with Crippen molar-refractivity contribution < 1.29 is 4.79 Å². The molecule has 3 nitrogen and oxygen atoms in total. The molecule has 110 valence electrons. The van der Waals surface area contributed by atoms with Crippen molar-refractivity contribution in [3.8, 4) is 0 Å². The van der Waals surface area contributed by atoms with E-state index in [1.165, 1.54) is 0 Å². The Kier molecular flexibility index (Phi) is 4.22. The van der Waals surface area contributed by atoms with E-state index in [-0.39, 0.29) is 6.03 Å². The van der Waals surface area contributed by atoms with Gasteiger partial charge in [-0.2, -0.15) is 0 Å². The number of carbonyl (C=O) groups is 1. The SMILES string of the molecule is O=C1N/C(=C/c2ccccc2)C(=S)N1Cc1ccc(Cl)cc1. The van der Waals surface area contributed by atoms with E-state index in [0.717, 1.165) is 11.1 Å². The molecule has 1 N–H and O–H groups in total. The Bertz CT molecular complexity index is 741. The van der Waals surface area contributed by atoms with E-state index in [9.17, 15) is 4.79 Å². The second kappa shape index (κ2) is 6.30. The first-order valence-corrected chi connectivity index (χ1v) is 7.56. The number of thiocarbonyl (C=S) groups is 1. The van der Waals surface area contributed by atoms with Gasteiger partial charge in [0.2, 0.25) is 0 Å². The summed E-state index contributed by atoms with van der Waals surface area (Å²) in [6, 6.07) is 16.9. The van der Waals surface area contributed by atoms with Crippen LogP contribution < -0.4 is 5.32 Å². The third kappa shape index (κ3) is 3.18. The van der Waals surface area contributed by atoms with Crippen LogP contribution >= 0.6 is 23.8 Å². The van der Waals surface area contributed by atoms with Crippen LogP contribution in [0.25, 0.3) is 6.08 Å². The summed E-state index contributed by atoms with van der Waals surface area (Å²) in [4.78, 5) is 14.2. The molecule has 0 unspecified atom stereocenters. The van der Waals surface area contributed by atoms with Gasteiger partial charge >= 0.3 is 6.03 Å². The van der Waals surface area contributed by atoms with Crippen LogP contribution in [0, 0.1) is 0 Å². The highest BCUT2D eigenvalue weighted by molar-refractivity contribution is 7.80. The van der Waals surface area contributed by atoms with Gasteiger partial charge in [0.15, 0.2) is 0 Å². The molecule has 22 heavy (non-hydrogen) atoms. The highest BCUT2D eigenvalue weighted by atomic mass is 35.5. The Balaban J connectivity index is 1.80. The van der Waals surface area contributed by atoms with Crippen LogP contribution in [0.5, 0.6) is 0 Å². The zero-order chi connectivity index (χ0) is 15.5. The molecule has 5 heteroatoms. The largest absolute Gasteiger partial charge is 0.327 e. The molecule has 1 saturated heterocycles. The predicted octanol–water partition coefficient (Wildman–Crippen LogP) is 4.23. The molecule has 2 aromatic carbocycles. The number of hydrogen-bond acceptors (Lipinski definition) is 2. The standard InChI is InChI=1S/C17H13ClN2OS/c18-14-8-6-13(7-9-14)11-20-16(22)15(19-17(20)21)10-12-4-2-1-3-5-12/h1-10H,11H2,(H,19,21)/b15-10+. The number of rotatable bonds is 3. The maximum Gasteiger partial charge on any atom is 0.327 e. The zero-order valence-electron chi connectivity index (χ0n) is 11.6. The fourth-order valence-corrected chi connectivity index (χ4v) is 2.59. The van der Waals surface area contributed by atoms with Gasteiger partial charge in [-0.1, -0.05) is 66.3 Å². The molecule has 1 aliphatic heterocycles. The highest BCUT2D eigenvalue weighted by Crippen LogP contribution is 2.19. The van der Waals surface area contributed by atoms with Crippen molar-refractivity contribution in [2.24, 2.45) is 0 Å². The minimum absolute atomic E-state index is 0.206. The Morgan fingerprint density at radius 3 is 2.45 bits per heavy atom. The summed E-state index contributed by atoms with van der Waals surface area (Å²) in [6.07, 6.45) is 1.88. The van der Waals surface area contributed by atoms with Crippen LogP contribution in [-0.2, 0) is 6.54 Å². The summed E-state index contributed by atoms with van der Waals surface area (Å²) >= 11 is 11.3. The number of carbonyl (C=O) groups excluding carboxylic acids is 1. The second-order valence-corrected chi connectivity index (χ2v) is 5.74. The molecule has 1 heterocycles. The smallest absolute Gasteiger partial charge is 0.305 e. The summed E-state index contributed by atoms with van der Waals surface area (Å²) in [5.74, 6) is 0. The number of benzene rings is 2. The summed E-state index contributed by atoms with van der Waals surface area (Å²) < 4.78 is 0. The number of amides is 2. The van der Waals surface area contributed by atoms with Gasteiger partial charge in [0, 0.05) is 5.02 Å². The minimum Gasteiger partial charge on any atom is -0.305 e. The van der Waals surface area contributed by atoms with Crippen molar-refractivity contribution >= 4 is 40.9 Å². The quantitative estimate of drug-likeness (QED) is 0.675. The molecule has 0 spiro atoms. The van der Waals surface area contributed by atoms with Gasteiger partial charge in [0.05, 0.1) is 12.2 Å². The third-order valence-electron chi connectivity index (χ3n) is 3.33. The fraction of sp³-hybridized carbons (Fsp3) is 0.0588. The summed E-state index contributed by atoms with van der Waals surface area (Å²) in [5.41, 5.74) is 2.62. The minimum atomic E-state index is -0.206. The van der Waals surface area contributed by atoms with E-state index in [1.807, 2.05) is 48.5 Å². The molecule has 2 aromatic rings. The van der Waals surface area contributed by atoms with Gasteiger partial charge in [0.1, 0.15) is 4.99 Å². The number of halogens is 1. The van der Waals surface area contributed by atoms with E-state index in [4.69, 9.17) is 23.8 Å². The van der Waals surface area contributed by atoms with Crippen LogP contribution in [0.1, 0.15) is 11.1 Å². The van der Waals surface area contributed by atoms with Gasteiger partial charge in [-0.25, -0.2) is 4.79 Å². The topological polar surface area (TPSA) is 32.3 Å². The Morgan fingerprint density at radius 1 is 1.09 bits per heavy atom. The third-order valence-corrected chi connectivity index (χ3v) is 4.02. The van der Waals surface area contributed by atoms with Gasteiger partial charge in [-0.3, -0.25) is 4.90 Å². The number of nitrogens with zero attached hydrogens (tertiary/aromatic N) is 1. The lowest BCUT2D eigenvalue weighted by molar-refractivity contribution is 0.228. The monoisotopic (exact) mass is 328 g/mol. The molecule has 0 saturated carbocycles. The van der Waals surface area contributed by atoms with Crippen LogP contribution in [-0.4, -0.2) is 15.9 Å². The molecule has 0 bridgehead atoms. The van der Waals surface area contributed by atoms with E-state index < -0.39 is 0 Å². The lowest BCUT2D eigenvalue weighted by Gasteiger charge is -2.13. The molecule has 0 radical (unpaired) electrons. The molecular weight excluding hydrogens is 316 g/mol. The maximum absolute atomic E-state index is 12.1. The molecule has 0 aliphatic carbocycles. The molecular formula is C17H13ClN2OS. The maximum atomic E-state index is 12.1. The average Bonchev–Trinajstić information content (AvgIpc) is 2.78. The second-order valence-electron chi connectivity index (χ2n) is 4.92. The lowest BCUT2D eigenvalue weighted by Crippen LogP contribution is -2.29. The van der Waals surface area contributed by atoms with Gasteiger partial charge in [-0.15, -0.1) is 0 Å². The first kappa shape index (κ1) is 14.8. The summed E-state index contributed by atoms with van der Waals surface area (Å²) in [5, 5.41) is 3.48. The Labute approximate surface area is 139 Å². The summed E-state index contributed by atoms with van der Waals surface area (Å²) in [7, 11) is 0. The van der Waals surface area contributed by atoms with Gasteiger partial charge in [0.25, 0.3) is 0 Å². The van der Waals surface area contributed by atoms with E-state index >= 15 is 0 Å². The van der Waals surface area contributed by atoms with Crippen molar-refractivity contribution in [2.45, 2.75) is 6.54 Å². The predicted molar refractivity (Wildman–Crippen MR) is 92.5 cm³/mol. The van der Waals surface area contributed by atoms with Crippen molar-refractivity contribution in [1.82, 2.24) is 10.2 Å². The molecule has 1 fully saturated rings. The van der Waals surface area contributed by atoms with Crippen LogP contribution in [0.3, 0.4) is 0 Å². The molecule has 3 rings (SSSR count). The molecule has 2 amide bonds. The van der Waals surface area contributed by atoms with Crippen molar-refractivity contribution in [3.63, 3.8) is 0 Å². The lowest BCUT2D eigenvalue weighted by atomic mass is 10.2. The normalized spacial score (nSPS) is 16.2. The van der Waals surface area contributed by atoms with E-state index in [2.05, 4.69) is 5.32 Å². The van der Waals surface area contributed by atoms with Crippen LogP contribution in [0.2, 0.25) is 5.02 Å². The average molecular weight is 329 g/mol. The van der Waals surface area contributed by atoms with Crippen LogP contribution in [0.15, 0.2) is 60.3 Å². The Hall–Kier alpha value is -2.17. The van der Waals surface area contributed by atoms with E-state index in [0.29, 0.717) is 22.3 Å². The van der Waals surface area contributed by atoms with Crippen molar-refractivity contribution in [3.05, 3.63) is 76.4 Å². The molecule has 1 aliphatic rings. The summed E-state index contributed by atoms with van der Waals surface area (Å²) in [6.45, 7) is 0.425. The van der Waals surface area contributed by atoms with Crippen molar-refractivity contribution in [2.75, 3.05) is 0 Å². The number of urea groups is 1. The number of hydrogen-bond donors (Lipinski definition) is 1. The van der Waals surface area contributed by atoms with Crippen molar-refractivity contribution in [1.29, 1.82) is 0 Å². The molecule has 0 atom stereocenters. The van der Waals surface area contributed by atoms with Gasteiger partial charge < -0.3 is 5.32 Å². The first-order chi connectivity index (χ1) is 10.6. The first-order valence-electron chi connectivity index (χ1n) is 6.77. The van der Waals surface area contributed by atoms with E-state index in [1.54, 1.807) is 17.0 Å². The highest BCUT2D eigenvalue weighted by Gasteiger charge is 2.29. The fourth-order valence-electron chi connectivity index (χ4n) is 2.20. The van der Waals surface area contributed by atoms with Gasteiger partial charge in [-0.05, 0) is 29.3 Å². The molecule has 0 aromatic heterocycles. The number of nitrogens with one attached hydrogen (secondary N) is 1. The Morgan fingerprint density at radius 2 is 1.77 bits per heavy atom. The van der Waals surface area contributed by atoms with Crippen LogP contribution in [0.4, 0.5) is 4.79 Å².